The summed E-state index contributed by atoms with van der Waals surface area (Å²) in [4.78, 5) is 9.98. The largest absolute Gasteiger partial charge is 0.673 e. The number of carbonyl (C=O) groups is 1. The second-order valence-corrected chi connectivity index (χ2v) is 1.07. The van der Waals surface area contributed by atoms with Gasteiger partial charge in [-0.25, -0.2) is 6.67 Å². The van der Waals surface area contributed by atoms with Gasteiger partial charge in [0.15, 0.2) is 0 Å². The topological polar surface area (TPSA) is 45.3 Å². The third kappa shape index (κ3) is 4.51. The van der Waals surface area contributed by atoms with Gasteiger partial charge in [-0.3, -0.25) is 0 Å². The van der Waals surface area contributed by atoms with Crippen LogP contribution in [0.5, 0.6) is 0 Å². The van der Waals surface area contributed by atoms with Crippen LogP contribution in [0, 0.1) is 0 Å². The molecular formula is C3H4N2OY2-2. The molecule has 0 unspecified atom stereocenters. The van der Waals surface area contributed by atoms with E-state index in [0.717, 1.165) is 0 Å². The van der Waals surface area contributed by atoms with Gasteiger partial charge >= 0.3 is 0 Å². The van der Waals surface area contributed by atoms with Crippen molar-refractivity contribution in [2.24, 2.45) is 0 Å². The van der Waals surface area contributed by atoms with Crippen molar-refractivity contribution in [1.82, 2.24) is 0 Å². The summed E-state index contributed by atoms with van der Waals surface area (Å²) in [6.07, 6.45) is 0. The number of nitrogens with zero attached hydrogens (tertiary/aromatic N) is 2. The number of hydrogen-bond acceptors (Lipinski definition) is 1. The second-order valence-electron chi connectivity index (χ2n) is 1.07. The standard InChI is InChI=1S/C3H5N2O.2Y/c6-3-1-4-2-5-3;;/h1-2H2,(H,5,6);;/q-1;;/p-1. The minimum atomic E-state index is -0.0880. The number of rotatable bonds is 0. The summed E-state index contributed by atoms with van der Waals surface area (Å²) >= 11 is 0. The predicted molar refractivity (Wildman–Crippen MR) is 21.5 cm³/mol. The molecule has 1 rings (SSSR count). The van der Waals surface area contributed by atoms with Crippen LogP contribution in [0.1, 0.15) is 0 Å². The Bertz CT molecular complexity index is 69.7. The van der Waals surface area contributed by atoms with Gasteiger partial charge in [0, 0.05) is 71.3 Å². The number of hydrogen-bond donors (Lipinski definition) is 0. The Morgan fingerprint density at radius 2 is 2.00 bits per heavy atom. The Hall–Kier alpha value is 1.64. The van der Waals surface area contributed by atoms with Crippen LogP contribution in [0.4, 0.5) is 0 Å². The first-order chi connectivity index (χ1) is 2.89. The Balaban J connectivity index is 0. The maximum Gasteiger partial charge on any atom is 0.0290 e. The molecule has 1 aliphatic rings. The van der Waals surface area contributed by atoms with E-state index in [1.54, 1.807) is 0 Å². The molecule has 40 valence electrons. The summed E-state index contributed by atoms with van der Waals surface area (Å²) in [5.41, 5.74) is 0. The monoisotopic (exact) mass is 262 g/mol. The van der Waals surface area contributed by atoms with E-state index in [1.165, 1.54) is 0 Å². The Morgan fingerprint density at radius 3 is 2.12 bits per heavy atom. The van der Waals surface area contributed by atoms with Gasteiger partial charge in [0.05, 0.1) is 0 Å². The first kappa shape index (κ1) is 12.3. The molecule has 1 aliphatic heterocycles. The van der Waals surface area contributed by atoms with Gasteiger partial charge in [-0.15, -0.1) is 6.54 Å². The molecule has 0 bridgehead atoms. The molecule has 0 aliphatic carbocycles. The van der Waals surface area contributed by atoms with E-state index in [2.05, 4.69) is 10.6 Å². The van der Waals surface area contributed by atoms with Crippen LogP contribution in [0.3, 0.4) is 0 Å². The second kappa shape index (κ2) is 6.75. The van der Waals surface area contributed by atoms with E-state index < -0.39 is 0 Å². The molecule has 0 N–H and O–H groups in total. The Morgan fingerprint density at radius 1 is 1.38 bits per heavy atom. The van der Waals surface area contributed by atoms with Crippen molar-refractivity contribution in [3.63, 3.8) is 0 Å². The predicted octanol–water partition coefficient (Wildman–Crippen LogP) is 0.227. The fourth-order valence-electron chi connectivity index (χ4n) is 0.325. The molecule has 5 heteroatoms. The van der Waals surface area contributed by atoms with E-state index in [9.17, 15) is 4.79 Å². The molecule has 0 atom stereocenters. The van der Waals surface area contributed by atoms with Gasteiger partial charge in [-0.1, -0.05) is 0 Å². The van der Waals surface area contributed by atoms with Crippen molar-refractivity contribution in [3.8, 4) is 0 Å². The zero-order valence-corrected chi connectivity index (χ0v) is 10.0. The van der Waals surface area contributed by atoms with Crippen molar-refractivity contribution < 1.29 is 70.2 Å². The molecule has 0 aromatic rings. The van der Waals surface area contributed by atoms with Crippen molar-refractivity contribution in [2.75, 3.05) is 13.2 Å². The molecular weight excluding hydrogens is 258 g/mol. The van der Waals surface area contributed by atoms with E-state index in [-0.39, 0.29) is 71.3 Å². The molecule has 2 radical (unpaired) electrons. The van der Waals surface area contributed by atoms with E-state index in [0.29, 0.717) is 13.2 Å². The zero-order valence-electron chi connectivity index (χ0n) is 4.37. The van der Waals surface area contributed by atoms with Crippen molar-refractivity contribution in [3.05, 3.63) is 10.6 Å². The van der Waals surface area contributed by atoms with E-state index in [1.807, 2.05) is 0 Å². The fraction of sp³-hybridized carbons (Fsp3) is 0.667. The molecule has 1 fully saturated rings. The molecule has 0 aromatic heterocycles. The van der Waals surface area contributed by atoms with Crippen LogP contribution in [0.15, 0.2) is 0 Å². The third-order valence-corrected chi connectivity index (χ3v) is 0.594. The van der Waals surface area contributed by atoms with Crippen molar-refractivity contribution in [1.29, 1.82) is 0 Å². The Kier molecular flexibility index (Phi) is 10.4. The third-order valence-electron chi connectivity index (χ3n) is 0.594. The summed E-state index contributed by atoms with van der Waals surface area (Å²) in [5, 5.41) is 7.08. The maximum atomic E-state index is 9.98. The zero-order chi connectivity index (χ0) is 4.41. The number of amides is 1. The minimum Gasteiger partial charge on any atom is -0.673 e. The van der Waals surface area contributed by atoms with Gasteiger partial charge in [0.2, 0.25) is 0 Å². The van der Waals surface area contributed by atoms with Crippen LogP contribution in [-0.2, 0) is 70.2 Å². The smallest absolute Gasteiger partial charge is 0.0290 e. The summed E-state index contributed by atoms with van der Waals surface area (Å²) in [5.74, 6) is -0.0880. The maximum absolute atomic E-state index is 9.98. The number of carbonyl (C=O) groups excluding carboxylic acids is 1. The molecule has 0 saturated carbocycles. The first-order valence-corrected chi connectivity index (χ1v) is 1.73. The van der Waals surface area contributed by atoms with Crippen LogP contribution in [0.25, 0.3) is 10.6 Å². The molecule has 0 aromatic carbocycles. The molecule has 3 nitrogen and oxygen atoms in total. The van der Waals surface area contributed by atoms with Gasteiger partial charge in [0.25, 0.3) is 0 Å². The minimum absolute atomic E-state index is 0. The SMILES string of the molecule is O=C1C[N-]C[N-]1.[Y].[Y]. The van der Waals surface area contributed by atoms with Gasteiger partial charge in [-0.05, 0) is 0 Å². The van der Waals surface area contributed by atoms with Gasteiger partial charge in [0.1, 0.15) is 0 Å². The summed E-state index contributed by atoms with van der Waals surface area (Å²) in [7, 11) is 0. The molecule has 1 saturated heterocycles. The quantitative estimate of drug-likeness (QED) is 0.616. The van der Waals surface area contributed by atoms with Crippen LogP contribution in [-0.4, -0.2) is 19.1 Å². The Labute approximate surface area is 98.5 Å². The van der Waals surface area contributed by atoms with E-state index in [4.69, 9.17) is 0 Å². The van der Waals surface area contributed by atoms with Crippen molar-refractivity contribution >= 4 is 5.91 Å². The summed E-state index contributed by atoms with van der Waals surface area (Å²) < 4.78 is 0. The molecule has 1 heterocycles. The van der Waals surface area contributed by atoms with E-state index >= 15 is 0 Å². The molecule has 1 amide bonds. The van der Waals surface area contributed by atoms with Gasteiger partial charge < -0.3 is 15.4 Å². The molecule has 0 spiro atoms. The fourth-order valence-corrected chi connectivity index (χ4v) is 0.325. The molecule has 8 heavy (non-hydrogen) atoms. The first-order valence-electron chi connectivity index (χ1n) is 1.73. The average molecular weight is 262 g/mol. The normalized spacial score (nSPS) is 15.8. The average Bonchev–Trinajstić information content (AvgIpc) is 1.86. The van der Waals surface area contributed by atoms with Gasteiger partial charge in [-0.2, -0.15) is 0 Å². The van der Waals surface area contributed by atoms with Crippen molar-refractivity contribution in [2.45, 2.75) is 0 Å². The summed E-state index contributed by atoms with van der Waals surface area (Å²) in [6, 6.07) is 0. The van der Waals surface area contributed by atoms with Crippen LogP contribution < -0.4 is 0 Å². The summed E-state index contributed by atoms with van der Waals surface area (Å²) in [6.45, 7) is 0.693. The van der Waals surface area contributed by atoms with Crippen LogP contribution >= 0.6 is 0 Å². The van der Waals surface area contributed by atoms with Crippen LogP contribution in [0.2, 0.25) is 0 Å².